The smallest absolute Gasteiger partial charge is 0.261 e. The molecule has 0 radical (unpaired) electrons. The molecule has 1 aliphatic rings. The van der Waals surface area contributed by atoms with Crippen LogP contribution in [0.2, 0.25) is 5.02 Å². The molecule has 0 aliphatic heterocycles. The number of hydrogen-bond donors (Lipinski definition) is 1. The first-order valence-electron chi connectivity index (χ1n) is 6.81. The summed E-state index contributed by atoms with van der Waals surface area (Å²) in [5.41, 5.74) is 2.38. The van der Waals surface area contributed by atoms with Crippen LogP contribution in [0.5, 0.6) is 0 Å². The van der Waals surface area contributed by atoms with Crippen molar-refractivity contribution in [2.45, 2.75) is 32.2 Å². The summed E-state index contributed by atoms with van der Waals surface area (Å²) >= 11 is 7.61. The first-order chi connectivity index (χ1) is 9.63. The van der Waals surface area contributed by atoms with Gasteiger partial charge >= 0.3 is 0 Å². The molecule has 1 aliphatic carbocycles. The van der Waals surface area contributed by atoms with E-state index in [4.69, 9.17) is 11.6 Å². The summed E-state index contributed by atoms with van der Waals surface area (Å²) in [7, 11) is 0. The van der Waals surface area contributed by atoms with Crippen molar-refractivity contribution < 1.29 is 4.79 Å². The monoisotopic (exact) mass is 305 g/mol. The Morgan fingerprint density at radius 2 is 2.20 bits per heavy atom. The van der Waals surface area contributed by atoms with Gasteiger partial charge in [-0.3, -0.25) is 4.79 Å². The molecule has 3 rings (SSSR count). The highest BCUT2D eigenvalue weighted by Crippen LogP contribution is 2.30. The normalized spacial score (nSPS) is 14.9. The molecule has 1 heterocycles. The van der Waals surface area contributed by atoms with Gasteiger partial charge in [0.2, 0.25) is 0 Å². The van der Waals surface area contributed by atoms with Crippen molar-refractivity contribution in [1.29, 1.82) is 0 Å². The Morgan fingerprint density at radius 1 is 1.35 bits per heavy atom. The van der Waals surface area contributed by atoms with Gasteiger partial charge in [0.15, 0.2) is 0 Å². The van der Waals surface area contributed by atoms with Crippen LogP contribution in [-0.4, -0.2) is 5.91 Å². The fourth-order valence-corrected chi connectivity index (χ4v) is 3.92. The van der Waals surface area contributed by atoms with Gasteiger partial charge < -0.3 is 5.32 Å². The van der Waals surface area contributed by atoms with Crippen LogP contribution in [0.4, 0.5) is 0 Å². The number of thiophene rings is 1. The van der Waals surface area contributed by atoms with Crippen LogP contribution in [0.15, 0.2) is 30.3 Å². The number of hydrogen-bond acceptors (Lipinski definition) is 2. The van der Waals surface area contributed by atoms with Gasteiger partial charge in [0.05, 0.1) is 10.9 Å². The van der Waals surface area contributed by atoms with E-state index < -0.39 is 0 Å². The van der Waals surface area contributed by atoms with Crippen molar-refractivity contribution in [1.82, 2.24) is 5.32 Å². The van der Waals surface area contributed by atoms with E-state index in [-0.39, 0.29) is 11.9 Å². The van der Waals surface area contributed by atoms with Gasteiger partial charge in [-0.1, -0.05) is 23.7 Å². The molecule has 0 saturated heterocycles. The quantitative estimate of drug-likeness (QED) is 0.895. The molecule has 1 aromatic carbocycles. The Kier molecular flexibility index (Phi) is 3.81. The molecular formula is C16H16ClNOS. The van der Waals surface area contributed by atoms with Crippen LogP contribution in [0, 0.1) is 0 Å². The number of benzene rings is 1. The van der Waals surface area contributed by atoms with E-state index in [1.807, 2.05) is 37.3 Å². The number of amides is 1. The molecule has 2 aromatic rings. The molecule has 4 heteroatoms. The predicted molar refractivity (Wildman–Crippen MR) is 83.7 cm³/mol. The molecule has 0 saturated carbocycles. The van der Waals surface area contributed by atoms with E-state index in [0.717, 1.165) is 23.3 Å². The summed E-state index contributed by atoms with van der Waals surface area (Å²) in [6, 6.07) is 9.61. The maximum Gasteiger partial charge on any atom is 0.261 e. The molecule has 20 heavy (non-hydrogen) atoms. The van der Waals surface area contributed by atoms with Crippen molar-refractivity contribution in [2.24, 2.45) is 0 Å². The van der Waals surface area contributed by atoms with E-state index in [1.54, 1.807) is 11.3 Å². The van der Waals surface area contributed by atoms with E-state index in [9.17, 15) is 4.79 Å². The summed E-state index contributed by atoms with van der Waals surface area (Å²) in [5, 5.41) is 3.73. The lowest BCUT2D eigenvalue weighted by atomic mass is 10.1. The molecular weight excluding hydrogens is 290 g/mol. The Hall–Kier alpha value is -1.32. The first kappa shape index (κ1) is 13.7. The van der Waals surface area contributed by atoms with Gasteiger partial charge in [0, 0.05) is 9.90 Å². The SMILES string of the molecule is C[C@@H](NC(=O)c1cc2c(s1)CCC2)c1cccc(Cl)c1. The van der Waals surface area contributed by atoms with Crippen molar-refractivity contribution in [3.05, 3.63) is 56.2 Å². The molecule has 2 nitrogen and oxygen atoms in total. The number of rotatable bonds is 3. The van der Waals surface area contributed by atoms with Crippen molar-refractivity contribution in [3.63, 3.8) is 0 Å². The minimum Gasteiger partial charge on any atom is -0.345 e. The van der Waals surface area contributed by atoms with Crippen molar-refractivity contribution >= 4 is 28.8 Å². The standard InChI is InChI=1S/C16H16ClNOS/c1-10(11-4-2-6-13(17)8-11)18-16(19)15-9-12-5-3-7-14(12)20-15/h2,4,6,8-10H,3,5,7H2,1H3,(H,18,19)/t10-/m1/s1. The van der Waals surface area contributed by atoms with E-state index in [0.29, 0.717) is 5.02 Å². The molecule has 104 valence electrons. The molecule has 0 spiro atoms. The Bertz CT molecular complexity index is 628. The molecule has 1 amide bonds. The molecule has 0 bridgehead atoms. The average Bonchev–Trinajstić information content (AvgIpc) is 2.99. The largest absolute Gasteiger partial charge is 0.345 e. The summed E-state index contributed by atoms with van der Waals surface area (Å²) in [4.78, 5) is 14.5. The third kappa shape index (κ3) is 2.74. The summed E-state index contributed by atoms with van der Waals surface area (Å²) in [6.07, 6.45) is 3.46. The predicted octanol–water partition coefficient (Wildman–Crippen LogP) is 4.38. The minimum atomic E-state index is -0.0434. The lowest BCUT2D eigenvalue weighted by molar-refractivity contribution is 0.0944. The third-order valence-corrected chi connectivity index (χ3v) is 5.14. The molecule has 1 aromatic heterocycles. The lowest BCUT2D eigenvalue weighted by Gasteiger charge is -2.14. The Morgan fingerprint density at radius 3 is 2.95 bits per heavy atom. The molecule has 1 N–H and O–H groups in total. The molecule has 1 atom stereocenters. The highest BCUT2D eigenvalue weighted by molar-refractivity contribution is 7.14. The van der Waals surface area contributed by atoms with Crippen LogP contribution in [0.25, 0.3) is 0 Å². The van der Waals surface area contributed by atoms with Gasteiger partial charge in [0.1, 0.15) is 0 Å². The second-order valence-corrected chi connectivity index (χ2v) is 6.74. The summed E-state index contributed by atoms with van der Waals surface area (Å²) < 4.78 is 0. The van der Waals surface area contributed by atoms with Crippen LogP contribution in [0.3, 0.4) is 0 Å². The van der Waals surface area contributed by atoms with Crippen LogP contribution < -0.4 is 5.32 Å². The van der Waals surface area contributed by atoms with E-state index in [2.05, 4.69) is 5.32 Å². The maximum atomic E-state index is 12.3. The van der Waals surface area contributed by atoms with E-state index in [1.165, 1.54) is 16.9 Å². The summed E-state index contributed by atoms with van der Waals surface area (Å²) in [6.45, 7) is 1.98. The zero-order valence-electron chi connectivity index (χ0n) is 11.3. The maximum absolute atomic E-state index is 12.3. The van der Waals surface area contributed by atoms with Gasteiger partial charge in [-0.2, -0.15) is 0 Å². The van der Waals surface area contributed by atoms with Gasteiger partial charge in [-0.05, 0) is 55.5 Å². The van der Waals surface area contributed by atoms with Crippen molar-refractivity contribution in [2.75, 3.05) is 0 Å². The third-order valence-electron chi connectivity index (χ3n) is 3.67. The van der Waals surface area contributed by atoms with Crippen LogP contribution in [0.1, 0.15) is 45.1 Å². The Balaban J connectivity index is 1.72. The second kappa shape index (κ2) is 5.58. The number of nitrogens with one attached hydrogen (secondary N) is 1. The van der Waals surface area contributed by atoms with Gasteiger partial charge in [-0.25, -0.2) is 0 Å². The zero-order chi connectivity index (χ0) is 14.1. The number of halogens is 1. The molecule has 0 unspecified atom stereocenters. The topological polar surface area (TPSA) is 29.1 Å². The van der Waals surface area contributed by atoms with Crippen molar-refractivity contribution in [3.8, 4) is 0 Å². The second-order valence-electron chi connectivity index (χ2n) is 5.16. The fraction of sp³-hybridized carbons (Fsp3) is 0.312. The number of fused-ring (bicyclic) bond motifs is 1. The number of carbonyl (C=O) groups is 1. The van der Waals surface area contributed by atoms with Gasteiger partial charge in [-0.15, -0.1) is 11.3 Å². The van der Waals surface area contributed by atoms with Crippen LogP contribution in [-0.2, 0) is 12.8 Å². The highest BCUT2D eigenvalue weighted by atomic mass is 35.5. The average molecular weight is 306 g/mol. The fourth-order valence-electron chi connectivity index (χ4n) is 2.57. The van der Waals surface area contributed by atoms with Gasteiger partial charge in [0.25, 0.3) is 5.91 Å². The molecule has 0 fully saturated rings. The Labute approximate surface area is 127 Å². The van der Waals surface area contributed by atoms with Crippen LogP contribution >= 0.6 is 22.9 Å². The highest BCUT2D eigenvalue weighted by Gasteiger charge is 2.19. The van der Waals surface area contributed by atoms with E-state index >= 15 is 0 Å². The summed E-state index contributed by atoms with van der Waals surface area (Å²) in [5.74, 6) is 0.0110. The zero-order valence-corrected chi connectivity index (χ0v) is 12.9. The number of carbonyl (C=O) groups excluding carboxylic acids is 1. The number of aryl methyl sites for hydroxylation is 2. The minimum absolute atomic E-state index is 0.0110. The lowest BCUT2D eigenvalue weighted by Crippen LogP contribution is -2.25. The first-order valence-corrected chi connectivity index (χ1v) is 8.01.